The Morgan fingerprint density at radius 1 is 1.21 bits per heavy atom. The molecule has 6 nitrogen and oxygen atoms in total. The van der Waals surface area contributed by atoms with Crippen LogP contribution >= 0.6 is 0 Å². The molecule has 132 valence electrons. The summed E-state index contributed by atoms with van der Waals surface area (Å²) in [5.41, 5.74) is 0.580. The minimum atomic E-state index is -0.338. The fraction of sp³-hybridized carbons (Fsp3) is 0.667. The Kier molecular flexibility index (Phi) is 5.36. The number of piperidine rings is 1. The second-order valence-corrected chi connectivity index (χ2v) is 7.09. The standard InChI is InChI=1S/C18H27N3O3/c1-12-6-7-14(17(23)19-12)18(24)20-13-8-10-21(11-9-13)15-4-2-3-5-16(15)22/h6-7,13,15-16,22H,2-5,8-11H2,1H3,(H,19,23)(H,20,24). The summed E-state index contributed by atoms with van der Waals surface area (Å²) in [6.07, 6.45) is 5.78. The van der Waals surface area contributed by atoms with Crippen molar-refractivity contribution in [2.45, 2.75) is 63.6 Å². The number of likely N-dealkylation sites (tertiary alicyclic amines) is 1. The highest BCUT2D eigenvalue weighted by Crippen LogP contribution is 2.25. The highest BCUT2D eigenvalue weighted by Gasteiger charge is 2.31. The lowest BCUT2D eigenvalue weighted by atomic mass is 9.89. The van der Waals surface area contributed by atoms with Crippen LogP contribution in [0.1, 0.15) is 54.6 Å². The predicted octanol–water partition coefficient (Wildman–Crippen LogP) is 1.18. The van der Waals surface area contributed by atoms with Crippen LogP contribution in [0.3, 0.4) is 0 Å². The lowest BCUT2D eigenvalue weighted by Gasteiger charge is -2.41. The average molecular weight is 333 g/mol. The van der Waals surface area contributed by atoms with Gasteiger partial charge in [-0.25, -0.2) is 0 Å². The fourth-order valence-electron chi connectivity index (χ4n) is 3.91. The van der Waals surface area contributed by atoms with Gasteiger partial charge in [0, 0.05) is 30.9 Å². The number of aromatic amines is 1. The second kappa shape index (κ2) is 7.49. The second-order valence-electron chi connectivity index (χ2n) is 7.09. The summed E-state index contributed by atoms with van der Waals surface area (Å²) in [5.74, 6) is -0.299. The van der Waals surface area contributed by atoms with E-state index in [1.165, 1.54) is 6.42 Å². The summed E-state index contributed by atoms with van der Waals surface area (Å²) in [5, 5.41) is 13.2. The van der Waals surface area contributed by atoms with Crippen LogP contribution in [-0.2, 0) is 0 Å². The lowest BCUT2D eigenvalue weighted by Crippen LogP contribution is -2.52. The molecule has 1 saturated heterocycles. The van der Waals surface area contributed by atoms with Gasteiger partial charge in [-0.2, -0.15) is 0 Å². The number of amides is 1. The minimum Gasteiger partial charge on any atom is -0.391 e. The first-order valence-electron chi connectivity index (χ1n) is 8.97. The number of aromatic nitrogens is 1. The van der Waals surface area contributed by atoms with Crippen LogP contribution in [0.25, 0.3) is 0 Å². The normalized spacial score (nSPS) is 26.2. The molecule has 1 aromatic heterocycles. The summed E-state index contributed by atoms with van der Waals surface area (Å²) in [6, 6.07) is 3.69. The number of hydrogen-bond donors (Lipinski definition) is 3. The maximum Gasteiger partial charge on any atom is 0.260 e. The number of aliphatic hydroxyl groups is 1. The van der Waals surface area contributed by atoms with Crippen LogP contribution in [0, 0.1) is 6.92 Å². The lowest BCUT2D eigenvalue weighted by molar-refractivity contribution is 0.00727. The largest absolute Gasteiger partial charge is 0.391 e. The molecule has 2 heterocycles. The summed E-state index contributed by atoms with van der Waals surface area (Å²) in [4.78, 5) is 29.2. The summed E-state index contributed by atoms with van der Waals surface area (Å²) in [7, 11) is 0. The highest BCUT2D eigenvalue weighted by molar-refractivity contribution is 5.93. The summed E-state index contributed by atoms with van der Waals surface area (Å²) in [6.45, 7) is 3.56. The molecule has 0 radical (unpaired) electrons. The van der Waals surface area contributed by atoms with Crippen LogP contribution in [0.2, 0.25) is 0 Å². The first kappa shape index (κ1) is 17.2. The van der Waals surface area contributed by atoms with Crippen LogP contribution in [0.5, 0.6) is 0 Å². The molecule has 3 N–H and O–H groups in total. The van der Waals surface area contributed by atoms with E-state index in [9.17, 15) is 14.7 Å². The smallest absolute Gasteiger partial charge is 0.260 e. The zero-order chi connectivity index (χ0) is 17.1. The predicted molar refractivity (Wildman–Crippen MR) is 92.1 cm³/mol. The number of carbonyl (C=O) groups excluding carboxylic acids is 1. The molecular formula is C18H27N3O3. The van der Waals surface area contributed by atoms with Crippen LogP contribution < -0.4 is 10.9 Å². The van der Waals surface area contributed by atoms with E-state index in [0.717, 1.165) is 50.9 Å². The van der Waals surface area contributed by atoms with Gasteiger partial charge >= 0.3 is 0 Å². The number of pyridine rings is 1. The molecule has 1 aromatic rings. The van der Waals surface area contributed by atoms with E-state index in [2.05, 4.69) is 15.2 Å². The van der Waals surface area contributed by atoms with Crippen molar-refractivity contribution in [3.05, 3.63) is 33.7 Å². The van der Waals surface area contributed by atoms with Gasteiger partial charge in [0.1, 0.15) is 5.56 Å². The van der Waals surface area contributed by atoms with Gasteiger partial charge in [0.15, 0.2) is 0 Å². The molecular weight excluding hydrogens is 306 g/mol. The quantitative estimate of drug-likeness (QED) is 0.775. The van der Waals surface area contributed by atoms with E-state index in [1.54, 1.807) is 19.1 Å². The van der Waals surface area contributed by atoms with E-state index in [4.69, 9.17) is 0 Å². The van der Waals surface area contributed by atoms with Crippen molar-refractivity contribution in [2.75, 3.05) is 13.1 Å². The Bertz CT molecular complexity index is 635. The number of aryl methyl sites for hydroxylation is 1. The monoisotopic (exact) mass is 333 g/mol. The van der Waals surface area contributed by atoms with Crippen molar-refractivity contribution in [2.24, 2.45) is 0 Å². The van der Waals surface area contributed by atoms with Gasteiger partial charge < -0.3 is 15.4 Å². The number of rotatable bonds is 3. The molecule has 0 aromatic carbocycles. The van der Waals surface area contributed by atoms with Gasteiger partial charge in [0.2, 0.25) is 0 Å². The Morgan fingerprint density at radius 3 is 2.58 bits per heavy atom. The van der Waals surface area contributed by atoms with Gasteiger partial charge in [-0.15, -0.1) is 0 Å². The number of nitrogens with one attached hydrogen (secondary N) is 2. The molecule has 1 saturated carbocycles. The molecule has 1 aliphatic heterocycles. The van der Waals surface area contributed by atoms with E-state index < -0.39 is 0 Å². The summed E-state index contributed by atoms with van der Waals surface area (Å²) < 4.78 is 0. The van der Waals surface area contributed by atoms with Crippen LogP contribution in [0.4, 0.5) is 0 Å². The molecule has 2 atom stereocenters. The maximum absolute atomic E-state index is 12.3. The van der Waals surface area contributed by atoms with Gasteiger partial charge in [0.25, 0.3) is 11.5 Å². The molecule has 1 amide bonds. The van der Waals surface area contributed by atoms with Crippen molar-refractivity contribution >= 4 is 5.91 Å². The Labute approximate surface area is 142 Å². The Morgan fingerprint density at radius 2 is 1.92 bits per heavy atom. The minimum absolute atomic E-state index is 0.0928. The maximum atomic E-state index is 12.3. The third-order valence-electron chi connectivity index (χ3n) is 5.33. The highest BCUT2D eigenvalue weighted by atomic mass is 16.3. The van der Waals surface area contributed by atoms with E-state index in [-0.39, 0.29) is 35.2 Å². The molecule has 2 unspecified atom stereocenters. The molecule has 24 heavy (non-hydrogen) atoms. The molecule has 0 bridgehead atoms. The first-order chi connectivity index (χ1) is 11.5. The fourth-order valence-corrected chi connectivity index (χ4v) is 3.91. The molecule has 2 aliphatic rings. The SMILES string of the molecule is Cc1ccc(C(=O)NC2CCN(C3CCCCC3O)CC2)c(=O)[nH]1. The Balaban J connectivity index is 1.53. The zero-order valence-corrected chi connectivity index (χ0v) is 14.3. The third-order valence-corrected chi connectivity index (χ3v) is 5.33. The molecule has 1 aliphatic carbocycles. The topological polar surface area (TPSA) is 85.4 Å². The number of aliphatic hydroxyl groups excluding tert-OH is 1. The van der Waals surface area contributed by atoms with Crippen molar-refractivity contribution in [1.29, 1.82) is 0 Å². The van der Waals surface area contributed by atoms with Gasteiger partial charge in [0.05, 0.1) is 6.10 Å². The van der Waals surface area contributed by atoms with Gasteiger partial charge in [-0.05, 0) is 44.7 Å². The van der Waals surface area contributed by atoms with E-state index in [0.29, 0.717) is 0 Å². The van der Waals surface area contributed by atoms with Gasteiger partial charge in [-0.1, -0.05) is 12.8 Å². The first-order valence-corrected chi connectivity index (χ1v) is 8.97. The van der Waals surface area contributed by atoms with Crippen molar-refractivity contribution < 1.29 is 9.90 Å². The third kappa shape index (κ3) is 3.87. The van der Waals surface area contributed by atoms with E-state index >= 15 is 0 Å². The summed E-state index contributed by atoms with van der Waals surface area (Å²) >= 11 is 0. The zero-order valence-electron chi connectivity index (χ0n) is 14.3. The van der Waals surface area contributed by atoms with Crippen molar-refractivity contribution in [3.63, 3.8) is 0 Å². The number of carbonyl (C=O) groups is 1. The van der Waals surface area contributed by atoms with Crippen LogP contribution in [0.15, 0.2) is 16.9 Å². The van der Waals surface area contributed by atoms with Crippen molar-refractivity contribution in [3.8, 4) is 0 Å². The molecule has 6 heteroatoms. The van der Waals surface area contributed by atoms with E-state index in [1.807, 2.05) is 0 Å². The number of H-pyrrole nitrogens is 1. The Hall–Kier alpha value is -1.66. The van der Waals surface area contributed by atoms with Crippen molar-refractivity contribution in [1.82, 2.24) is 15.2 Å². The number of hydrogen-bond acceptors (Lipinski definition) is 4. The molecule has 0 spiro atoms. The number of nitrogens with zero attached hydrogens (tertiary/aromatic N) is 1. The van der Waals surface area contributed by atoms with Gasteiger partial charge in [-0.3, -0.25) is 14.5 Å². The molecule has 3 rings (SSSR count). The molecule has 2 fully saturated rings. The average Bonchev–Trinajstić information content (AvgIpc) is 2.56. The van der Waals surface area contributed by atoms with Crippen LogP contribution in [-0.4, -0.2) is 52.2 Å².